The number of rotatable bonds is 4. The van der Waals surface area contributed by atoms with Crippen LogP contribution in [0.3, 0.4) is 0 Å². The lowest BCUT2D eigenvalue weighted by atomic mass is 9.91. The van der Waals surface area contributed by atoms with Crippen molar-refractivity contribution in [2.75, 3.05) is 25.2 Å². The van der Waals surface area contributed by atoms with E-state index >= 15 is 0 Å². The summed E-state index contributed by atoms with van der Waals surface area (Å²) in [6.07, 6.45) is 0.662. The topological polar surface area (TPSA) is 98.8 Å². The second kappa shape index (κ2) is 8.19. The number of aliphatic imine (C=N–C) groups is 1. The quantitative estimate of drug-likeness (QED) is 0.736. The third-order valence-corrected chi connectivity index (χ3v) is 4.50. The smallest absolute Gasteiger partial charge is 0.391 e. The molecule has 2 heterocycles. The van der Waals surface area contributed by atoms with Gasteiger partial charge in [-0.1, -0.05) is 0 Å². The standard InChI is InChI=1S/C18H17BrF2N4O3/c1-10-4-11(19)6-23-16(10)28-17(26)24-12-2-3-14(21)13(5-12)18(8-20)9-27-7-15(22)25-18/h2-6H,7-9H2,1H3,(H2,22,25)(H,24,26)/t18-/m0/s1. The number of nitrogens with two attached hydrogens (primary N) is 1. The van der Waals surface area contributed by atoms with Gasteiger partial charge in [0.05, 0.1) is 6.61 Å². The second-order valence-corrected chi connectivity index (χ2v) is 7.16. The zero-order chi connectivity index (χ0) is 20.3. The number of aromatic nitrogens is 1. The van der Waals surface area contributed by atoms with Gasteiger partial charge >= 0.3 is 6.09 Å². The SMILES string of the molecule is Cc1cc(Br)cnc1OC(=O)Nc1ccc(F)c([C@]2(CF)COCC(N)=N2)c1. The normalized spacial score (nSPS) is 19.1. The van der Waals surface area contributed by atoms with E-state index in [1.807, 2.05) is 0 Å². The Morgan fingerprint density at radius 3 is 2.93 bits per heavy atom. The number of alkyl halides is 1. The number of benzene rings is 1. The zero-order valence-corrected chi connectivity index (χ0v) is 16.4. The molecule has 3 N–H and O–H groups in total. The van der Waals surface area contributed by atoms with Crippen molar-refractivity contribution in [3.63, 3.8) is 0 Å². The molecule has 1 aromatic carbocycles. The predicted molar refractivity (Wildman–Crippen MR) is 103 cm³/mol. The van der Waals surface area contributed by atoms with Crippen LogP contribution in [-0.4, -0.2) is 36.8 Å². The Morgan fingerprint density at radius 1 is 1.46 bits per heavy atom. The van der Waals surface area contributed by atoms with Gasteiger partial charge in [0, 0.05) is 27.5 Å². The number of halogens is 3. The van der Waals surface area contributed by atoms with Crippen LogP contribution in [0.1, 0.15) is 11.1 Å². The number of carbonyl (C=O) groups is 1. The minimum Gasteiger partial charge on any atom is -0.391 e. The van der Waals surface area contributed by atoms with Crippen LogP contribution in [-0.2, 0) is 10.3 Å². The lowest BCUT2D eigenvalue weighted by molar-refractivity contribution is 0.0809. The van der Waals surface area contributed by atoms with E-state index < -0.39 is 24.1 Å². The fourth-order valence-electron chi connectivity index (χ4n) is 2.77. The van der Waals surface area contributed by atoms with Gasteiger partial charge in [0.1, 0.15) is 30.5 Å². The Morgan fingerprint density at radius 2 is 2.25 bits per heavy atom. The molecule has 1 aliphatic heterocycles. The molecule has 7 nitrogen and oxygen atoms in total. The van der Waals surface area contributed by atoms with E-state index in [0.717, 1.165) is 10.5 Å². The van der Waals surface area contributed by atoms with Crippen LogP contribution in [0.5, 0.6) is 5.88 Å². The van der Waals surface area contributed by atoms with E-state index in [4.69, 9.17) is 15.2 Å². The Bertz CT molecular complexity index is 941. The van der Waals surface area contributed by atoms with Crippen LogP contribution >= 0.6 is 15.9 Å². The first-order chi connectivity index (χ1) is 13.3. The molecule has 2 aromatic rings. The molecular formula is C18H17BrF2N4O3. The summed E-state index contributed by atoms with van der Waals surface area (Å²) in [5.74, 6) is -0.497. The first-order valence-electron chi connectivity index (χ1n) is 8.22. The van der Waals surface area contributed by atoms with Crippen LogP contribution in [0.15, 0.2) is 39.9 Å². The number of nitrogens with zero attached hydrogens (tertiary/aromatic N) is 2. The van der Waals surface area contributed by atoms with Crippen LogP contribution < -0.4 is 15.8 Å². The maximum absolute atomic E-state index is 14.4. The Balaban J connectivity index is 1.83. The molecule has 1 aliphatic rings. The number of amides is 1. The summed E-state index contributed by atoms with van der Waals surface area (Å²) in [6.45, 7) is 0.595. The number of ether oxygens (including phenoxy) is 2. The molecule has 1 aromatic heterocycles. The fraction of sp³-hybridized carbons (Fsp3) is 0.278. The highest BCUT2D eigenvalue weighted by Gasteiger charge is 2.38. The van der Waals surface area contributed by atoms with Gasteiger partial charge in [-0.2, -0.15) is 0 Å². The third kappa shape index (κ3) is 4.28. The van der Waals surface area contributed by atoms with Crippen LogP contribution in [0.4, 0.5) is 19.3 Å². The fourth-order valence-corrected chi connectivity index (χ4v) is 3.21. The maximum atomic E-state index is 14.4. The number of amidine groups is 1. The average molecular weight is 455 g/mol. The summed E-state index contributed by atoms with van der Waals surface area (Å²) in [7, 11) is 0. The number of pyridine rings is 1. The number of nitrogens with one attached hydrogen (secondary N) is 1. The first-order valence-corrected chi connectivity index (χ1v) is 9.01. The molecule has 10 heteroatoms. The molecule has 28 heavy (non-hydrogen) atoms. The summed E-state index contributed by atoms with van der Waals surface area (Å²) in [4.78, 5) is 20.2. The van der Waals surface area contributed by atoms with Gasteiger partial charge in [-0.25, -0.2) is 18.6 Å². The van der Waals surface area contributed by atoms with Crippen molar-refractivity contribution in [2.45, 2.75) is 12.5 Å². The van der Waals surface area contributed by atoms with Crippen LogP contribution in [0.25, 0.3) is 0 Å². The molecule has 0 saturated carbocycles. The molecule has 0 aliphatic carbocycles. The number of hydrogen-bond donors (Lipinski definition) is 2. The van der Waals surface area contributed by atoms with Crippen molar-refractivity contribution in [2.24, 2.45) is 10.7 Å². The first kappa shape index (κ1) is 20.2. The van der Waals surface area contributed by atoms with Gasteiger partial charge in [0.25, 0.3) is 0 Å². The monoisotopic (exact) mass is 454 g/mol. The van der Waals surface area contributed by atoms with E-state index in [0.29, 0.717) is 5.56 Å². The lowest BCUT2D eigenvalue weighted by Crippen LogP contribution is -2.42. The Labute approximate surface area is 168 Å². The summed E-state index contributed by atoms with van der Waals surface area (Å²) in [5.41, 5.74) is 4.80. The minimum absolute atomic E-state index is 0.0488. The minimum atomic E-state index is -1.60. The van der Waals surface area contributed by atoms with Gasteiger partial charge in [-0.3, -0.25) is 10.3 Å². The summed E-state index contributed by atoms with van der Waals surface area (Å²) >= 11 is 3.27. The third-order valence-electron chi connectivity index (χ3n) is 4.07. The second-order valence-electron chi connectivity index (χ2n) is 6.25. The largest absolute Gasteiger partial charge is 0.418 e. The molecule has 3 rings (SSSR count). The van der Waals surface area contributed by atoms with Crippen LogP contribution in [0.2, 0.25) is 0 Å². The molecule has 0 fully saturated rings. The number of anilines is 1. The van der Waals surface area contributed by atoms with Gasteiger partial charge in [-0.05, 0) is 47.1 Å². The highest BCUT2D eigenvalue weighted by Crippen LogP contribution is 2.33. The Kier molecular flexibility index (Phi) is 5.90. The van der Waals surface area contributed by atoms with Crippen molar-refractivity contribution in [1.82, 2.24) is 4.98 Å². The number of hydrogen-bond acceptors (Lipinski definition) is 6. The molecule has 0 bridgehead atoms. The van der Waals surface area contributed by atoms with Crippen molar-refractivity contribution in [1.29, 1.82) is 0 Å². The highest BCUT2D eigenvalue weighted by atomic mass is 79.9. The summed E-state index contributed by atoms with van der Waals surface area (Å²) < 4.78 is 39.3. The van der Waals surface area contributed by atoms with E-state index in [9.17, 15) is 13.6 Å². The lowest BCUT2D eigenvalue weighted by Gasteiger charge is -2.31. The number of aryl methyl sites for hydroxylation is 1. The Hall–Kier alpha value is -2.59. The van der Waals surface area contributed by atoms with E-state index in [1.165, 1.54) is 18.3 Å². The van der Waals surface area contributed by atoms with E-state index in [-0.39, 0.29) is 36.2 Å². The van der Waals surface area contributed by atoms with E-state index in [1.54, 1.807) is 13.0 Å². The van der Waals surface area contributed by atoms with Gasteiger partial charge < -0.3 is 15.2 Å². The summed E-state index contributed by atoms with van der Waals surface area (Å²) in [5, 5.41) is 2.47. The molecule has 1 atom stereocenters. The molecule has 0 unspecified atom stereocenters. The van der Waals surface area contributed by atoms with Gasteiger partial charge in [-0.15, -0.1) is 0 Å². The zero-order valence-electron chi connectivity index (χ0n) is 14.8. The predicted octanol–water partition coefficient (Wildman–Crippen LogP) is 3.45. The van der Waals surface area contributed by atoms with Crippen molar-refractivity contribution in [3.8, 4) is 5.88 Å². The van der Waals surface area contributed by atoms with E-state index in [2.05, 4.69) is 31.2 Å². The van der Waals surface area contributed by atoms with Gasteiger partial charge in [0.15, 0.2) is 0 Å². The molecule has 148 valence electrons. The molecule has 0 saturated heterocycles. The molecule has 0 spiro atoms. The molecule has 0 radical (unpaired) electrons. The van der Waals surface area contributed by atoms with Crippen molar-refractivity contribution in [3.05, 3.63) is 51.9 Å². The maximum Gasteiger partial charge on any atom is 0.418 e. The van der Waals surface area contributed by atoms with Crippen LogP contribution in [0, 0.1) is 12.7 Å². The van der Waals surface area contributed by atoms with Crippen molar-refractivity contribution >= 4 is 33.5 Å². The molecular weight excluding hydrogens is 438 g/mol. The van der Waals surface area contributed by atoms with Gasteiger partial charge in [0.2, 0.25) is 5.88 Å². The van der Waals surface area contributed by atoms with Crippen molar-refractivity contribution < 1.29 is 23.0 Å². The highest BCUT2D eigenvalue weighted by molar-refractivity contribution is 9.10. The summed E-state index contributed by atoms with van der Waals surface area (Å²) in [6, 6.07) is 5.45. The number of carbonyl (C=O) groups excluding carboxylic acids is 1. The molecule has 1 amide bonds. The average Bonchev–Trinajstić information content (AvgIpc) is 2.65.